The zero-order chi connectivity index (χ0) is 39.2. The highest BCUT2D eigenvalue weighted by Gasteiger charge is 2.31. The van der Waals surface area contributed by atoms with E-state index in [0.29, 0.717) is 5.56 Å². The molecule has 16 N–H and O–H groups in total. The highest BCUT2D eigenvalue weighted by Crippen LogP contribution is 2.09. The van der Waals surface area contributed by atoms with E-state index in [1.807, 2.05) is 0 Å². The molecule has 0 heterocycles. The first kappa shape index (κ1) is 42.9. The van der Waals surface area contributed by atoms with Gasteiger partial charge in [-0.15, -0.1) is 0 Å². The number of nitrogens with two attached hydrogens (primary N) is 5. The molecule has 2 aromatic rings. The average Bonchev–Trinajstić information content (AvgIpc) is 3.12. The molecule has 0 bridgehead atoms. The number of rotatable bonds is 23. The Labute approximate surface area is 307 Å². The second-order valence-corrected chi connectivity index (χ2v) is 11.9. The summed E-state index contributed by atoms with van der Waals surface area (Å²) < 4.78 is 0. The molecular weight excluding hydrogens is 688 g/mol. The molecule has 0 saturated heterocycles. The van der Waals surface area contributed by atoms with Crippen LogP contribution in [0.5, 0.6) is 0 Å². The lowest BCUT2D eigenvalue weighted by Gasteiger charge is -2.27. The molecule has 19 nitrogen and oxygen atoms in total. The summed E-state index contributed by atoms with van der Waals surface area (Å²) in [7, 11) is 0. The number of carbonyl (C=O) groups excluding carboxylic acids is 5. The first-order valence-corrected chi connectivity index (χ1v) is 16.9. The number of aliphatic imine (C=N–C) groups is 2. The first-order valence-electron chi connectivity index (χ1n) is 16.9. The lowest BCUT2D eigenvalue weighted by molar-refractivity contribution is -0.138. The van der Waals surface area contributed by atoms with Crippen molar-refractivity contribution in [1.82, 2.24) is 26.6 Å². The molecule has 0 aliphatic carbocycles. The lowest BCUT2D eigenvalue weighted by atomic mass is 10.0. The Kier molecular flexibility index (Phi) is 18.9. The van der Waals surface area contributed by atoms with Crippen LogP contribution in [0.3, 0.4) is 0 Å². The smallest absolute Gasteiger partial charge is 0.322 e. The number of guanidine groups is 2. The van der Waals surface area contributed by atoms with Crippen LogP contribution in [-0.2, 0) is 41.6 Å². The van der Waals surface area contributed by atoms with Gasteiger partial charge >= 0.3 is 5.97 Å². The molecule has 2 aromatic carbocycles. The van der Waals surface area contributed by atoms with Crippen LogP contribution < -0.4 is 55.3 Å². The minimum atomic E-state index is -1.29. The Morgan fingerprint density at radius 3 is 1.40 bits per heavy atom. The number of amides is 5. The van der Waals surface area contributed by atoms with Crippen LogP contribution in [-0.4, -0.2) is 103 Å². The predicted molar refractivity (Wildman–Crippen MR) is 198 cm³/mol. The van der Waals surface area contributed by atoms with Gasteiger partial charge in [-0.1, -0.05) is 60.7 Å². The third-order valence-electron chi connectivity index (χ3n) is 7.61. The second kappa shape index (κ2) is 23.3. The molecule has 4 atom stereocenters. The highest BCUT2D eigenvalue weighted by atomic mass is 16.4. The number of carboxylic acid groups (broad SMARTS) is 1. The van der Waals surface area contributed by atoms with Crippen LogP contribution in [0.15, 0.2) is 70.6 Å². The van der Waals surface area contributed by atoms with Crippen molar-refractivity contribution in [3.8, 4) is 0 Å². The normalized spacial score (nSPS) is 12.8. The minimum Gasteiger partial charge on any atom is -0.480 e. The SMILES string of the molecule is NCC(=O)N[C@@H](Cc1ccccc1)C(=O)N[C@@H](CCCN=C(N)N)C(=O)N[C@@H](Cc1ccccc1)C(=O)N[C@@H](CCCN=C(N)N)C(=O)NCC(=O)O. The first-order chi connectivity index (χ1) is 25.3. The van der Waals surface area contributed by atoms with Crippen molar-refractivity contribution in [2.75, 3.05) is 26.2 Å². The number of hydrogen-bond donors (Lipinski definition) is 11. The van der Waals surface area contributed by atoms with E-state index >= 15 is 0 Å². The fourth-order valence-corrected chi connectivity index (χ4v) is 5.02. The molecule has 0 aliphatic heterocycles. The second-order valence-electron chi connectivity index (χ2n) is 11.9. The van der Waals surface area contributed by atoms with Crippen LogP contribution in [0, 0.1) is 0 Å². The molecule has 0 fully saturated rings. The van der Waals surface area contributed by atoms with Crippen molar-refractivity contribution in [1.29, 1.82) is 0 Å². The van der Waals surface area contributed by atoms with Gasteiger partial charge < -0.3 is 60.4 Å². The fraction of sp³-hybridized carbons (Fsp3) is 0.412. The van der Waals surface area contributed by atoms with E-state index in [2.05, 4.69) is 36.6 Å². The van der Waals surface area contributed by atoms with Gasteiger partial charge in [-0.05, 0) is 36.8 Å². The number of nitrogens with zero attached hydrogens (tertiary/aromatic N) is 2. The molecule has 53 heavy (non-hydrogen) atoms. The lowest BCUT2D eigenvalue weighted by Crippen LogP contribution is -2.59. The van der Waals surface area contributed by atoms with Gasteiger partial charge in [0, 0.05) is 25.9 Å². The van der Waals surface area contributed by atoms with Crippen LogP contribution >= 0.6 is 0 Å². The summed E-state index contributed by atoms with van der Waals surface area (Å²) in [5, 5.41) is 21.9. The van der Waals surface area contributed by atoms with Gasteiger partial charge in [0.25, 0.3) is 0 Å². The maximum Gasteiger partial charge on any atom is 0.322 e. The van der Waals surface area contributed by atoms with Crippen molar-refractivity contribution < 1.29 is 33.9 Å². The Morgan fingerprint density at radius 2 is 0.981 bits per heavy atom. The number of carboxylic acids is 1. The summed E-state index contributed by atoms with van der Waals surface area (Å²) in [6, 6.07) is 12.8. The molecular formula is C34H50N12O7. The summed E-state index contributed by atoms with van der Waals surface area (Å²) >= 11 is 0. The Morgan fingerprint density at radius 1 is 0.585 bits per heavy atom. The largest absolute Gasteiger partial charge is 0.480 e. The molecule has 288 valence electrons. The van der Waals surface area contributed by atoms with Crippen molar-refractivity contribution >= 4 is 47.4 Å². The standard InChI is InChI=1S/C34H50N12O7/c35-19-27(47)43-25(17-21-9-3-1-4-10-21)31(52)45-24(14-8-16-41-34(38)39)30(51)46-26(18-22-11-5-2-6-12-22)32(53)44-23(13-7-15-40-33(36)37)29(50)42-20-28(48)49/h1-6,9-12,23-26H,7-8,13-20,35H2,(H,42,50)(H,43,47)(H,44,53)(H,45,52)(H,46,51)(H,48,49)(H4,36,37,40)(H4,38,39,41)/t23-,24-,25-,26-/m0/s1. The van der Waals surface area contributed by atoms with Crippen molar-refractivity contribution in [2.24, 2.45) is 38.7 Å². The van der Waals surface area contributed by atoms with Crippen LogP contribution in [0.2, 0.25) is 0 Å². The van der Waals surface area contributed by atoms with E-state index in [4.69, 9.17) is 33.8 Å². The third kappa shape index (κ3) is 17.5. The van der Waals surface area contributed by atoms with Gasteiger partial charge in [0.1, 0.15) is 30.7 Å². The van der Waals surface area contributed by atoms with Crippen molar-refractivity contribution in [2.45, 2.75) is 62.7 Å². The van der Waals surface area contributed by atoms with E-state index < -0.39 is 66.2 Å². The maximum atomic E-state index is 14.0. The molecule has 2 rings (SSSR count). The molecule has 19 heteroatoms. The Balaban J connectivity index is 2.39. The molecule has 0 aliphatic rings. The minimum absolute atomic E-state index is 0.0201. The predicted octanol–water partition coefficient (Wildman–Crippen LogP) is -3.32. The van der Waals surface area contributed by atoms with Crippen molar-refractivity contribution in [3.63, 3.8) is 0 Å². The quantitative estimate of drug-likeness (QED) is 0.0303. The van der Waals surface area contributed by atoms with E-state index in [-0.39, 0.29) is 70.1 Å². The molecule has 5 amide bonds. The zero-order valence-electron chi connectivity index (χ0n) is 29.3. The van der Waals surface area contributed by atoms with Gasteiger partial charge in [0.05, 0.1) is 6.54 Å². The molecule has 0 unspecified atom stereocenters. The summed E-state index contributed by atoms with van der Waals surface area (Å²) in [5.74, 6) is -5.18. The Bertz CT molecular complexity index is 1570. The topological polar surface area (TPSA) is 338 Å². The van der Waals surface area contributed by atoms with Gasteiger partial charge in [0.2, 0.25) is 29.5 Å². The van der Waals surface area contributed by atoms with Gasteiger partial charge in [0.15, 0.2) is 11.9 Å². The summed E-state index contributed by atoms with van der Waals surface area (Å²) in [6.45, 7) is -0.814. The summed E-state index contributed by atoms with van der Waals surface area (Å²) in [5.41, 5.74) is 28.6. The molecule has 0 spiro atoms. The fourth-order valence-electron chi connectivity index (χ4n) is 5.02. The monoisotopic (exact) mass is 738 g/mol. The molecule has 0 saturated carbocycles. The number of nitrogens with one attached hydrogen (secondary N) is 5. The summed E-state index contributed by atoms with van der Waals surface area (Å²) in [4.78, 5) is 85.6. The Hall–Kier alpha value is -6.24. The van der Waals surface area contributed by atoms with Gasteiger partial charge in [-0.2, -0.15) is 0 Å². The maximum absolute atomic E-state index is 14.0. The molecule has 0 aromatic heterocycles. The van der Waals surface area contributed by atoms with Crippen LogP contribution in [0.1, 0.15) is 36.8 Å². The van der Waals surface area contributed by atoms with Crippen LogP contribution in [0.4, 0.5) is 0 Å². The van der Waals surface area contributed by atoms with Gasteiger partial charge in [-0.25, -0.2) is 0 Å². The third-order valence-corrected chi connectivity index (χ3v) is 7.61. The van der Waals surface area contributed by atoms with E-state index in [0.717, 1.165) is 5.56 Å². The zero-order valence-corrected chi connectivity index (χ0v) is 29.3. The van der Waals surface area contributed by atoms with Crippen molar-refractivity contribution in [3.05, 3.63) is 71.8 Å². The molecule has 0 radical (unpaired) electrons. The number of benzene rings is 2. The number of aliphatic carboxylic acids is 1. The van der Waals surface area contributed by atoms with E-state index in [9.17, 15) is 28.8 Å². The van der Waals surface area contributed by atoms with Gasteiger partial charge in [-0.3, -0.25) is 38.8 Å². The number of hydrogen-bond acceptors (Lipinski definition) is 9. The average molecular weight is 739 g/mol. The van der Waals surface area contributed by atoms with E-state index in [1.165, 1.54) is 0 Å². The highest BCUT2D eigenvalue weighted by molar-refractivity contribution is 5.96. The number of carbonyl (C=O) groups is 6. The summed E-state index contributed by atoms with van der Waals surface area (Å²) in [6.07, 6.45) is 0.616. The van der Waals surface area contributed by atoms with Crippen LogP contribution in [0.25, 0.3) is 0 Å². The van der Waals surface area contributed by atoms with E-state index in [1.54, 1.807) is 60.7 Å².